The first kappa shape index (κ1) is 13.3. The van der Waals surface area contributed by atoms with Gasteiger partial charge in [-0.2, -0.15) is 0 Å². The number of carbonyl (C=O) groups is 2. The predicted molar refractivity (Wildman–Crippen MR) is 66.8 cm³/mol. The molecule has 2 amide bonds. The first-order valence-corrected chi connectivity index (χ1v) is 6.78. The van der Waals surface area contributed by atoms with Gasteiger partial charge in [0.1, 0.15) is 6.04 Å². The molecule has 2 fully saturated rings. The predicted octanol–water partition coefficient (Wildman–Crippen LogP) is 0.322. The van der Waals surface area contributed by atoms with Crippen LogP contribution in [-0.4, -0.2) is 35.1 Å². The fraction of sp³-hybridized carbons (Fsp3) is 0.846. The van der Waals surface area contributed by atoms with Gasteiger partial charge in [0.15, 0.2) is 0 Å². The molecule has 5 nitrogen and oxygen atoms in total. The number of aliphatic hydroxyl groups is 1. The SMILES string of the molecule is CC1CCCC(O)(CNC(=O)[C@@H]2CCC(=O)N2)C1. The quantitative estimate of drug-likeness (QED) is 0.679. The summed E-state index contributed by atoms with van der Waals surface area (Å²) in [6.45, 7) is 2.42. The first-order chi connectivity index (χ1) is 8.48. The Labute approximate surface area is 107 Å². The van der Waals surface area contributed by atoms with Crippen LogP contribution in [0.15, 0.2) is 0 Å². The zero-order chi connectivity index (χ0) is 13.2. The molecule has 18 heavy (non-hydrogen) atoms. The van der Waals surface area contributed by atoms with Crippen molar-refractivity contribution in [1.82, 2.24) is 10.6 Å². The molecule has 3 atom stereocenters. The lowest BCUT2D eigenvalue weighted by atomic mass is 9.79. The molecule has 2 rings (SSSR count). The zero-order valence-electron chi connectivity index (χ0n) is 10.9. The van der Waals surface area contributed by atoms with Gasteiger partial charge in [-0.1, -0.05) is 19.8 Å². The first-order valence-electron chi connectivity index (χ1n) is 6.78. The highest BCUT2D eigenvalue weighted by atomic mass is 16.3. The molecule has 1 aliphatic carbocycles. The Morgan fingerprint density at radius 2 is 2.33 bits per heavy atom. The summed E-state index contributed by atoms with van der Waals surface area (Å²) in [6.07, 6.45) is 4.61. The highest BCUT2D eigenvalue weighted by Crippen LogP contribution is 2.31. The molecule has 0 spiro atoms. The third-order valence-corrected chi connectivity index (χ3v) is 3.97. The van der Waals surface area contributed by atoms with E-state index in [0.29, 0.717) is 25.3 Å². The summed E-state index contributed by atoms with van der Waals surface area (Å²) >= 11 is 0. The Kier molecular flexibility index (Phi) is 3.90. The van der Waals surface area contributed by atoms with E-state index in [1.165, 1.54) is 0 Å². The summed E-state index contributed by atoms with van der Waals surface area (Å²) in [5.41, 5.74) is -0.768. The normalized spacial score (nSPS) is 36.2. The summed E-state index contributed by atoms with van der Waals surface area (Å²) < 4.78 is 0. The zero-order valence-corrected chi connectivity index (χ0v) is 10.9. The third-order valence-electron chi connectivity index (χ3n) is 3.97. The molecule has 3 N–H and O–H groups in total. The number of carbonyl (C=O) groups excluding carboxylic acids is 2. The summed E-state index contributed by atoms with van der Waals surface area (Å²) in [7, 11) is 0. The van der Waals surface area contributed by atoms with Crippen molar-refractivity contribution in [2.24, 2.45) is 5.92 Å². The molecule has 1 heterocycles. The monoisotopic (exact) mass is 254 g/mol. The van der Waals surface area contributed by atoms with Crippen LogP contribution in [-0.2, 0) is 9.59 Å². The van der Waals surface area contributed by atoms with Crippen LogP contribution in [0.25, 0.3) is 0 Å². The van der Waals surface area contributed by atoms with Crippen LogP contribution < -0.4 is 10.6 Å². The van der Waals surface area contributed by atoms with E-state index in [1.54, 1.807) is 0 Å². The van der Waals surface area contributed by atoms with Crippen LogP contribution in [0, 0.1) is 5.92 Å². The largest absolute Gasteiger partial charge is 0.388 e. The van der Waals surface area contributed by atoms with Crippen LogP contribution >= 0.6 is 0 Å². The molecule has 0 aromatic carbocycles. The van der Waals surface area contributed by atoms with Gasteiger partial charge in [0.25, 0.3) is 0 Å². The maximum atomic E-state index is 11.8. The van der Waals surface area contributed by atoms with Gasteiger partial charge in [-0.15, -0.1) is 0 Å². The van der Waals surface area contributed by atoms with Crippen LogP contribution in [0.3, 0.4) is 0 Å². The third kappa shape index (κ3) is 3.22. The van der Waals surface area contributed by atoms with Gasteiger partial charge < -0.3 is 15.7 Å². The molecule has 5 heteroatoms. The average molecular weight is 254 g/mol. The van der Waals surface area contributed by atoms with E-state index in [9.17, 15) is 14.7 Å². The molecule has 0 radical (unpaired) electrons. The minimum atomic E-state index is -0.768. The number of rotatable bonds is 3. The maximum absolute atomic E-state index is 11.8. The fourth-order valence-electron chi connectivity index (χ4n) is 2.98. The van der Waals surface area contributed by atoms with Crippen molar-refractivity contribution < 1.29 is 14.7 Å². The molecule has 0 aromatic rings. The number of hydrogen-bond acceptors (Lipinski definition) is 3. The highest BCUT2D eigenvalue weighted by Gasteiger charge is 2.34. The van der Waals surface area contributed by atoms with Crippen LogP contribution in [0.5, 0.6) is 0 Å². The van der Waals surface area contributed by atoms with Gasteiger partial charge >= 0.3 is 0 Å². The van der Waals surface area contributed by atoms with Crippen molar-refractivity contribution >= 4 is 11.8 Å². The van der Waals surface area contributed by atoms with E-state index in [4.69, 9.17) is 0 Å². The van der Waals surface area contributed by atoms with Gasteiger partial charge in [-0.05, 0) is 25.2 Å². The summed E-state index contributed by atoms with van der Waals surface area (Å²) in [5, 5.41) is 15.8. The molecule has 0 bridgehead atoms. The molecule has 2 aliphatic rings. The summed E-state index contributed by atoms with van der Waals surface area (Å²) in [4.78, 5) is 22.8. The Hall–Kier alpha value is -1.10. The summed E-state index contributed by atoms with van der Waals surface area (Å²) in [6, 6.07) is -0.415. The standard InChI is InChI=1S/C13H22N2O3/c1-9-3-2-6-13(18,7-9)8-14-12(17)10-4-5-11(16)15-10/h9-10,18H,2-8H2,1H3,(H,14,17)(H,15,16)/t9?,10-,13?/m0/s1. The van der Waals surface area contributed by atoms with Crippen molar-refractivity contribution in [3.05, 3.63) is 0 Å². The van der Waals surface area contributed by atoms with Gasteiger partial charge in [-0.25, -0.2) is 0 Å². The molecule has 1 aliphatic heterocycles. The van der Waals surface area contributed by atoms with Gasteiger partial charge in [0, 0.05) is 13.0 Å². The molecule has 2 unspecified atom stereocenters. The van der Waals surface area contributed by atoms with E-state index >= 15 is 0 Å². The molecule has 0 aromatic heterocycles. The van der Waals surface area contributed by atoms with Crippen molar-refractivity contribution in [3.8, 4) is 0 Å². The Morgan fingerprint density at radius 1 is 1.56 bits per heavy atom. The second-order valence-electron chi connectivity index (χ2n) is 5.80. The van der Waals surface area contributed by atoms with Crippen LogP contribution in [0.2, 0.25) is 0 Å². The maximum Gasteiger partial charge on any atom is 0.242 e. The Morgan fingerprint density at radius 3 is 2.94 bits per heavy atom. The molecule has 1 saturated heterocycles. The van der Waals surface area contributed by atoms with Crippen molar-refractivity contribution in [3.63, 3.8) is 0 Å². The van der Waals surface area contributed by atoms with Gasteiger partial charge in [-0.3, -0.25) is 9.59 Å². The lowest BCUT2D eigenvalue weighted by Gasteiger charge is -2.35. The van der Waals surface area contributed by atoms with Crippen molar-refractivity contribution in [1.29, 1.82) is 0 Å². The minimum Gasteiger partial charge on any atom is -0.388 e. The Bertz CT molecular complexity index is 345. The van der Waals surface area contributed by atoms with E-state index < -0.39 is 11.6 Å². The van der Waals surface area contributed by atoms with Gasteiger partial charge in [0.2, 0.25) is 11.8 Å². The molecular weight excluding hydrogens is 232 g/mol. The molecular formula is C13H22N2O3. The van der Waals surface area contributed by atoms with Crippen molar-refractivity contribution in [2.75, 3.05) is 6.54 Å². The number of nitrogens with one attached hydrogen (secondary N) is 2. The van der Waals surface area contributed by atoms with Crippen LogP contribution in [0.4, 0.5) is 0 Å². The van der Waals surface area contributed by atoms with E-state index in [0.717, 1.165) is 25.7 Å². The second-order valence-corrected chi connectivity index (χ2v) is 5.80. The number of hydrogen-bond donors (Lipinski definition) is 3. The molecule has 1 saturated carbocycles. The Balaban J connectivity index is 1.80. The fourth-order valence-corrected chi connectivity index (χ4v) is 2.98. The average Bonchev–Trinajstić information content (AvgIpc) is 2.73. The lowest BCUT2D eigenvalue weighted by molar-refractivity contribution is -0.127. The van der Waals surface area contributed by atoms with Crippen LogP contribution in [0.1, 0.15) is 45.4 Å². The lowest BCUT2D eigenvalue weighted by Crippen LogP contribution is -2.50. The summed E-state index contributed by atoms with van der Waals surface area (Å²) in [5.74, 6) is 0.263. The van der Waals surface area contributed by atoms with E-state index in [1.807, 2.05) is 0 Å². The second kappa shape index (κ2) is 5.26. The highest BCUT2D eigenvalue weighted by molar-refractivity contribution is 5.90. The van der Waals surface area contributed by atoms with Crippen molar-refractivity contribution in [2.45, 2.75) is 57.1 Å². The van der Waals surface area contributed by atoms with Gasteiger partial charge in [0.05, 0.1) is 5.60 Å². The molecule has 102 valence electrons. The smallest absolute Gasteiger partial charge is 0.242 e. The number of amides is 2. The minimum absolute atomic E-state index is 0.0693. The van der Waals surface area contributed by atoms with E-state index in [2.05, 4.69) is 17.6 Å². The van der Waals surface area contributed by atoms with E-state index in [-0.39, 0.29) is 11.8 Å². The topological polar surface area (TPSA) is 78.4 Å².